The van der Waals surface area contributed by atoms with E-state index >= 15 is 0 Å². The lowest BCUT2D eigenvalue weighted by molar-refractivity contribution is -0.112. The molecule has 2 heteroatoms. The second-order valence-electron chi connectivity index (χ2n) is 4.12. The summed E-state index contributed by atoms with van der Waals surface area (Å²) in [5, 5.41) is 3.42. The predicted octanol–water partition coefficient (Wildman–Crippen LogP) is 1.02. The van der Waals surface area contributed by atoms with Gasteiger partial charge in [0, 0.05) is 13.7 Å². The second-order valence-corrected chi connectivity index (χ2v) is 4.12. The highest BCUT2D eigenvalue weighted by Gasteiger charge is 2.50. The SMILES string of the molecule is COC1CNCC2CC[C@@]21C. The normalized spacial score (nSPS) is 49.6. The molecule has 1 saturated carbocycles. The topological polar surface area (TPSA) is 21.3 Å². The number of piperidine rings is 1. The Bertz CT molecular complexity index is 160. The largest absolute Gasteiger partial charge is 0.380 e. The van der Waals surface area contributed by atoms with E-state index in [-0.39, 0.29) is 0 Å². The first-order valence-electron chi connectivity index (χ1n) is 4.51. The zero-order chi connectivity index (χ0) is 7.90. The van der Waals surface area contributed by atoms with Gasteiger partial charge in [0.15, 0.2) is 0 Å². The second kappa shape index (κ2) is 2.46. The first kappa shape index (κ1) is 7.56. The molecule has 64 valence electrons. The molecule has 3 atom stereocenters. The molecule has 0 bridgehead atoms. The molecule has 1 N–H and O–H groups in total. The van der Waals surface area contributed by atoms with Crippen LogP contribution >= 0.6 is 0 Å². The molecule has 2 unspecified atom stereocenters. The first-order valence-corrected chi connectivity index (χ1v) is 4.51. The van der Waals surface area contributed by atoms with Crippen LogP contribution < -0.4 is 5.32 Å². The average Bonchev–Trinajstić information content (AvgIpc) is 2.00. The van der Waals surface area contributed by atoms with Crippen LogP contribution in [0, 0.1) is 11.3 Å². The Morgan fingerprint density at radius 2 is 2.27 bits per heavy atom. The van der Waals surface area contributed by atoms with Crippen LogP contribution in [0.1, 0.15) is 19.8 Å². The van der Waals surface area contributed by atoms with Crippen molar-refractivity contribution >= 4 is 0 Å². The zero-order valence-corrected chi connectivity index (χ0v) is 7.39. The number of hydrogen-bond acceptors (Lipinski definition) is 2. The maximum atomic E-state index is 5.47. The van der Waals surface area contributed by atoms with Crippen molar-refractivity contribution in [1.82, 2.24) is 5.32 Å². The minimum absolute atomic E-state index is 0.454. The van der Waals surface area contributed by atoms with E-state index < -0.39 is 0 Å². The summed E-state index contributed by atoms with van der Waals surface area (Å²) in [6.45, 7) is 4.62. The Kier molecular flexibility index (Phi) is 1.69. The lowest BCUT2D eigenvalue weighted by Crippen LogP contribution is -2.59. The summed E-state index contributed by atoms with van der Waals surface area (Å²) in [7, 11) is 1.83. The fourth-order valence-corrected chi connectivity index (χ4v) is 2.54. The van der Waals surface area contributed by atoms with E-state index in [4.69, 9.17) is 4.74 Å². The van der Waals surface area contributed by atoms with Gasteiger partial charge in [-0.1, -0.05) is 6.92 Å². The summed E-state index contributed by atoms with van der Waals surface area (Å²) < 4.78 is 5.47. The lowest BCUT2D eigenvalue weighted by atomic mass is 9.57. The Labute approximate surface area is 68.3 Å². The number of hydrogen-bond donors (Lipinski definition) is 1. The molecule has 0 spiro atoms. The van der Waals surface area contributed by atoms with Crippen LogP contribution in [0.3, 0.4) is 0 Å². The molecule has 2 rings (SSSR count). The highest BCUT2D eigenvalue weighted by Crippen LogP contribution is 2.50. The van der Waals surface area contributed by atoms with Gasteiger partial charge in [-0.05, 0) is 30.7 Å². The molecule has 0 amide bonds. The molecule has 1 aliphatic heterocycles. The third-order valence-electron chi connectivity index (χ3n) is 3.70. The molecule has 11 heavy (non-hydrogen) atoms. The molecule has 2 fully saturated rings. The number of nitrogens with one attached hydrogen (secondary N) is 1. The summed E-state index contributed by atoms with van der Waals surface area (Å²) in [4.78, 5) is 0. The van der Waals surface area contributed by atoms with E-state index in [0.717, 1.165) is 12.5 Å². The number of fused-ring (bicyclic) bond motifs is 1. The molecular formula is C9H17NO. The van der Waals surface area contributed by atoms with Crippen molar-refractivity contribution in [2.24, 2.45) is 11.3 Å². The molecule has 0 aromatic heterocycles. The summed E-state index contributed by atoms with van der Waals surface area (Å²) >= 11 is 0. The Morgan fingerprint density at radius 1 is 1.45 bits per heavy atom. The van der Waals surface area contributed by atoms with Gasteiger partial charge in [0.2, 0.25) is 0 Å². The van der Waals surface area contributed by atoms with Crippen LogP contribution in [0.5, 0.6) is 0 Å². The monoisotopic (exact) mass is 155 g/mol. The summed E-state index contributed by atoms with van der Waals surface area (Å²) in [6.07, 6.45) is 3.20. The van der Waals surface area contributed by atoms with Crippen LogP contribution in [0.15, 0.2) is 0 Å². The van der Waals surface area contributed by atoms with Crippen molar-refractivity contribution in [2.45, 2.75) is 25.9 Å². The molecule has 0 aromatic rings. The Hall–Kier alpha value is -0.0800. The minimum atomic E-state index is 0.454. The maximum Gasteiger partial charge on any atom is 0.0752 e. The highest BCUT2D eigenvalue weighted by molar-refractivity contribution is 5.02. The van der Waals surface area contributed by atoms with Crippen LogP contribution in [0.25, 0.3) is 0 Å². The molecule has 0 aromatic carbocycles. The van der Waals surface area contributed by atoms with Crippen molar-refractivity contribution in [2.75, 3.05) is 20.2 Å². The molecule has 1 aliphatic carbocycles. The van der Waals surface area contributed by atoms with E-state index in [1.807, 2.05) is 7.11 Å². The molecule has 2 aliphatic rings. The molecule has 1 saturated heterocycles. The van der Waals surface area contributed by atoms with E-state index in [2.05, 4.69) is 12.2 Å². The molecule has 0 radical (unpaired) electrons. The fraction of sp³-hybridized carbons (Fsp3) is 1.00. The third-order valence-corrected chi connectivity index (χ3v) is 3.70. The summed E-state index contributed by atoms with van der Waals surface area (Å²) in [5.74, 6) is 0.876. The standard InChI is InChI=1S/C9H17NO/c1-9-4-3-7(9)5-10-6-8(9)11-2/h7-8,10H,3-6H2,1-2H3/t7?,8?,9-/m0/s1. The third kappa shape index (κ3) is 0.926. The lowest BCUT2D eigenvalue weighted by Gasteiger charge is -2.54. The molecular weight excluding hydrogens is 138 g/mol. The average molecular weight is 155 g/mol. The van der Waals surface area contributed by atoms with Gasteiger partial charge >= 0.3 is 0 Å². The first-order chi connectivity index (χ1) is 5.27. The van der Waals surface area contributed by atoms with Gasteiger partial charge in [-0.3, -0.25) is 0 Å². The molecule has 1 heterocycles. The van der Waals surface area contributed by atoms with Crippen molar-refractivity contribution in [1.29, 1.82) is 0 Å². The van der Waals surface area contributed by atoms with E-state index in [1.165, 1.54) is 19.4 Å². The quantitative estimate of drug-likeness (QED) is 0.610. The minimum Gasteiger partial charge on any atom is -0.380 e. The van der Waals surface area contributed by atoms with Gasteiger partial charge in [0.1, 0.15) is 0 Å². The van der Waals surface area contributed by atoms with Crippen LogP contribution in [0.2, 0.25) is 0 Å². The smallest absolute Gasteiger partial charge is 0.0752 e. The van der Waals surface area contributed by atoms with E-state index in [9.17, 15) is 0 Å². The number of ether oxygens (including phenoxy) is 1. The number of methoxy groups -OCH3 is 1. The molecule has 2 nitrogen and oxygen atoms in total. The van der Waals surface area contributed by atoms with Crippen molar-refractivity contribution in [3.63, 3.8) is 0 Å². The maximum absolute atomic E-state index is 5.47. The number of rotatable bonds is 1. The Morgan fingerprint density at radius 3 is 2.73 bits per heavy atom. The van der Waals surface area contributed by atoms with Gasteiger partial charge < -0.3 is 10.1 Å². The van der Waals surface area contributed by atoms with Crippen molar-refractivity contribution in [3.8, 4) is 0 Å². The predicted molar refractivity (Wildman–Crippen MR) is 44.5 cm³/mol. The van der Waals surface area contributed by atoms with Crippen LogP contribution in [-0.4, -0.2) is 26.3 Å². The van der Waals surface area contributed by atoms with Gasteiger partial charge in [-0.25, -0.2) is 0 Å². The zero-order valence-electron chi connectivity index (χ0n) is 7.39. The van der Waals surface area contributed by atoms with Gasteiger partial charge in [-0.2, -0.15) is 0 Å². The van der Waals surface area contributed by atoms with E-state index in [1.54, 1.807) is 0 Å². The summed E-state index contributed by atoms with van der Waals surface area (Å²) in [5.41, 5.74) is 0.500. The van der Waals surface area contributed by atoms with Crippen molar-refractivity contribution < 1.29 is 4.74 Å². The van der Waals surface area contributed by atoms with Crippen LogP contribution in [0.4, 0.5) is 0 Å². The van der Waals surface area contributed by atoms with Crippen LogP contribution in [-0.2, 0) is 4.74 Å². The van der Waals surface area contributed by atoms with E-state index in [0.29, 0.717) is 11.5 Å². The highest BCUT2D eigenvalue weighted by atomic mass is 16.5. The van der Waals surface area contributed by atoms with Gasteiger partial charge in [0.25, 0.3) is 0 Å². The Balaban J connectivity index is 2.09. The summed E-state index contributed by atoms with van der Waals surface area (Å²) in [6, 6.07) is 0. The van der Waals surface area contributed by atoms with Gasteiger partial charge in [0.05, 0.1) is 6.10 Å². The fourth-order valence-electron chi connectivity index (χ4n) is 2.54. The van der Waals surface area contributed by atoms with Gasteiger partial charge in [-0.15, -0.1) is 0 Å². The van der Waals surface area contributed by atoms with Crippen molar-refractivity contribution in [3.05, 3.63) is 0 Å².